The van der Waals surface area contributed by atoms with Gasteiger partial charge < -0.3 is 5.32 Å². The first-order chi connectivity index (χ1) is 7.17. The Balaban J connectivity index is 2.70. The van der Waals surface area contributed by atoms with Crippen molar-refractivity contribution in [2.45, 2.75) is 32.7 Å². The van der Waals surface area contributed by atoms with E-state index in [-0.39, 0.29) is 5.82 Å². The third kappa shape index (κ3) is 3.80. The van der Waals surface area contributed by atoms with Crippen molar-refractivity contribution in [2.75, 3.05) is 6.54 Å². The molecule has 0 aliphatic heterocycles. The molecule has 1 unspecified atom stereocenters. The zero-order valence-corrected chi connectivity index (χ0v) is 9.94. The highest BCUT2D eigenvalue weighted by molar-refractivity contribution is 6.31. The molecule has 0 aromatic heterocycles. The van der Waals surface area contributed by atoms with Crippen LogP contribution in [-0.4, -0.2) is 12.6 Å². The zero-order valence-electron chi connectivity index (χ0n) is 9.19. The van der Waals surface area contributed by atoms with Gasteiger partial charge in [-0.2, -0.15) is 0 Å². The summed E-state index contributed by atoms with van der Waals surface area (Å²) in [5, 5.41) is 3.89. The minimum absolute atomic E-state index is 0.278. The Hall–Kier alpha value is -0.600. The van der Waals surface area contributed by atoms with Crippen molar-refractivity contribution in [2.24, 2.45) is 0 Å². The minimum atomic E-state index is -0.278. The summed E-state index contributed by atoms with van der Waals surface area (Å²) in [6.07, 6.45) is 1.89. The van der Waals surface area contributed by atoms with E-state index in [1.165, 1.54) is 12.1 Å². The van der Waals surface area contributed by atoms with E-state index < -0.39 is 0 Å². The van der Waals surface area contributed by atoms with E-state index in [1.54, 1.807) is 6.07 Å². The van der Waals surface area contributed by atoms with Gasteiger partial charge in [-0.1, -0.05) is 31.5 Å². The molecule has 0 heterocycles. The summed E-state index contributed by atoms with van der Waals surface area (Å²) in [5.74, 6) is -0.278. The fraction of sp³-hybridized carbons (Fsp3) is 0.500. The Labute approximate surface area is 95.6 Å². The molecule has 15 heavy (non-hydrogen) atoms. The predicted octanol–water partition coefficient (Wildman–Crippen LogP) is 3.41. The molecule has 0 saturated heterocycles. The van der Waals surface area contributed by atoms with Crippen molar-refractivity contribution in [1.82, 2.24) is 5.32 Å². The van der Waals surface area contributed by atoms with E-state index in [4.69, 9.17) is 11.6 Å². The fourth-order valence-corrected chi connectivity index (χ4v) is 1.85. The summed E-state index contributed by atoms with van der Waals surface area (Å²) < 4.78 is 12.8. The second-order valence-electron chi connectivity index (χ2n) is 3.60. The molecular formula is C12H17ClFN. The van der Waals surface area contributed by atoms with Crippen LogP contribution in [0.3, 0.4) is 0 Å². The van der Waals surface area contributed by atoms with Crippen LogP contribution in [0.5, 0.6) is 0 Å². The molecule has 0 bridgehead atoms. The third-order valence-corrected chi connectivity index (χ3v) is 2.82. The number of rotatable bonds is 5. The van der Waals surface area contributed by atoms with E-state index in [1.807, 2.05) is 0 Å². The molecule has 0 fully saturated rings. The molecule has 0 aliphatic carbocycles. The molecule has 84 valence electrons. The fourth-order valence-electron chi connectivity index (χ4n) is 1.60. The molecule has 1 aromatic carbocycles. The second-order valence-corrected chi connectivity index (χ2v) is 4.01. The van der Waals surface area contributed by atoms with Gasteiger partial charge in [-0.3, -0.25) is 0 Å². The molecule has 3 heteroatoms. The maximum absolute atomic E-state index is 12.8. The van der Waals surface area contributed by atoms with Crippen molar-refractivity contribution in [3.8, 4) is 0 Å². The summed E-state index contributed by atoms with van der Waals surface area (Å²) in [5.41, 5.74) is 1.01. The minimum Gasteiger partial charge on any atom is -0.314 e. The molecule has 1 atom stereocenters. The number of likely N-dealkylation sites (N-methyl/N-ethyl adjacent to an activating group) is 1. The van der Waals surface area contributed by atoms with Crippen LogP contribution in [0.1, 0.15) is 25.8 Å². The van der Waals surface area contributed by atoms with E-state index >= 15 is 0 Å². The van der Waals surface area contributed by atoms with Gasteiger partial charge in [-0.05, 0) is 37.1 Å². The summed E-state index contributed by atoms with van der Waals surface area (Å²) >= 11 is 5.96. The highest BCUT2D eigenvalue weighted by Crippen LogP contribution is 2.19. The van der Waals surface area contributed by atoms with Gasteiger partial charge in [0.15, 0.2) is 0 Å². The monoisotopic (exact) mass is 229 g/mol. The molecule has 0 radical (unpaired) electrons. The molecule has 0 amide bonds. The smallest absolute Gasteiger partial charge is 0.124 e. The Morgan fingerprint density at radius 2 is 2.13 bits per heavy atom. The summed E-state index contributed by atoms with van der Waals surface area (Å²) in [6, 6.07) is 5.01. The van der Waals surface area contributed by atoms with Crippen LogP contribution < -0.4 is 5.32 Å². The van der Waals surface area contributed by atoms with Gasteiger partial charge in [0.25, 0.3) is 0 Å². The average Bonchev–Trinajstić information content (AvgIpc) is 2.21. The lowest BCUT2D eigenvalue weighted by Crippen LogP contribution is -2.30. The first-order valence-electron chi connectivity index (χ1n) is 5.34. The zero-order chi connectivity index (χ0) is 11.3. The Morgan fingerprint density at radius 1 is 1.40 bits per heavy atom. The topological polar surface area (TPSA) is 12.0 Å². The second kappa shape index (κ2) is 6.09. The van der Waals surface area contributed by atoms with Crippen molar-refractivity contribution in [1.29, 1.82) is 0 Å². The molecule has 1 N–H and O–H groups in total. The molecular weight excluding hydrogens is 213 g/mol. The van der Waals surface area contributed by atoms with E-state index in [9.17, 15) is 4.39 Å². The predicted molar refractivity (Wildman–Crippen MR) is 62.9 cm³/mol. The maximum Gasteiger partial charge on any atom is 0.124 e. The lowest BCUT2D eigenvalue weighted by molar-refractivity contribution is 0.510. The quantitative estimate of drug-likeness (QED) is 0.816. The molecule has 0 saturated carbocycles. The van der Waals surface area contributed by atoms with Gasteiger partial charge in [0.1, 0.15) is 5.82 Å². The largest absolute Gasteiger partial charge is 0.314 e. The lowest BCUT2D eigenvalue weighted by atomic mass is 10.0. The van der Waals surface area contributed by atoms with E-state index in [2.05, 4.69) is 19.2 Å². The number of hydrogen-bond donors (Lipinski definition) is 1. The number of nitrogens with one attached hydrogen (secondary N) is 1. The Kier molecular flexibility index (Phi) is 5.06. The van der Waals surface area contributed by atoms with Crippen molar-refractivity contribution in [3.63, 3.8) is 0 Å². The standard InChI is InChI=1S/C12H17ClFN/c1-3-11(15-4-2)7-9-5-6-10(14)8-12(9)13/h5-6,8,11,15H,3-4,7H2,1-2H3. The van der Waals surface area contributed by atoms with Crippen LogP contribution in [0, 0.1) is 5.82 Å². The molecule has 0 spiro atoms. The third-order valence-electron chi connectivity index (χ3n) is 2.47. The summed E-state index contributed by atoms with van der Waals surface area (Å²) in [6.45, 7) is 5.15. The van der Waals surface area contributed by atoms with Crippen LogP contribution in [0.4, 0.5) is 4.39 Å². The lowest BCUT2D eigenvalue weighted by Gasteiger charge is -2.16. The maximum atomic E-state index is 12.8. The molecule has 1 nitrogen and oxygen atoms in total. The van der Waals surface area contributed by atoms with Crippen LogP contribution in [0.2, 0.25) is 5.02 Å². The summed E-state index contributed by atoms with van der Waals surface area (Å²) in [4.78, 5) is 0. The molecule has 0 aliphatic rings. The number of halogens is 2. The van der Waals surface area contributed by atoms with Crippen LogP contribution in [0.15, 0.2) is 18.2 Å². The highest BCUT2D eigenvalue weighted by Gasteiger charge is 2.08. The Morgan fingerprint density at radius 3 is 2.67 bits per heavy atom. The van der Waals surface area contributed by atoms with Gasteiger partial charge in [-0.15, -0.1) is 0 Å². The first-order valence-corrected chi connectivity index (χ1v) is 5.72. The Bertz CT molecular complexity index is 314. The van der Waals surface area contributed by atoms with Crippen molar-refractivity contribution >= 4 is 11.6 Å². The summed E-state index contributed by atoms with van der Waals surface area (Å²) in [7, 11) is 0. The molecule has 1 rings (SSSR count). The van der Waals surface area contributed by atoms with Gasteiger partial charge in [-0.25, -0.2) is 4.39 Å². The highest BCUT2D eigenvalue weighted by atomic mass is 35.5. The van der Waals surface area contributed by atoms with E-state index in [0.717, 1.165) is 24.9 Å². The molecule has 1 aromatic rings. The number of benzene rings is 1. The van der Waals surface area contributed by atoms with Gasteiger partial charge in [0, 0.05) is 11.1 Å². The van der Waals surface area contributed by atoms with Crippen molar-refractivity contribution < 1.29 is 4.39 Å². The van der Waals surface area contributed by atoms with Gasteiger partial charge >= 0.3 is 0 Å². The average molecular weight is 230 g/mol. The normalized spacial score (nSPS) is 12.8. The van der Waals surface area contributed by atoms with Crippen LogP contribution in [-0.2, 0) is 6.42 Å². The van der Waals surface area contributed by atoms with Gasteiger partial charge in [0.2, 0.25) is 0 Å². The van der Waals surface area contributed by atoms with Crippen LogP contribution in [0.25, 0.3) is 0 Å². The SMILES string of the molecule is CCNC(CC)Cc1ccc(F)cc1Cl. The number of hydrogen-bond acceptors (Lipinski definition) is 1. The first kappa shape index (κ1) is 12.5. The van der Waals surface area contributed by atoms with Crippen LogP contribution >= 0.6 is 11.6 Å². The van der Waals surface area contributed by atoms with Crippen molar-refractivity contribution in [3.05, 3.63) is 34.6 Å². The van der Waals surface area contributed by atoms with E-state index in [0.29, 0.717) is 11.1 Å². The van der Waals surface area contributed by atoms with Gasteiger partial charge in [0.05, 0.1) is 0 Å².